The normalized spacial score (nSPS) is 16.2. The van der Waals surface area contributed by atoms with Gasteiger partial charge in [0.1, 0.15) is 17.6 Å². The maximum atomic E-state index is 12.4. The maximum absolute atomic E-state index is 12.4. The summed E-state index contributed by atoms with van der Waals surface area (Å²) in [6, 6.07) is 12.8. The van der Waals surface area contributed by atoms with Crippen LogP contribution in [0.2, 0.25) is 0 Å². The Labute approximate surface area is 150 Å². The number of carbonyl (C=O) groups excluding carboxylic acids is 1. The Hall–Kier alpha value is -3.35. The zero-order chi connectivity index (χ0) is 18.3. The second kappa shape index (κ2) is 6.18. The van der Waals surface area contributed by atoms with Gasteiger partial charge in [0.25, 0.3) is 0 Å². The molecule has 0 amide bonds. The molecule has 2 aromatic heterocycles. The summed E-state index contributed by atoms with van der Waals surface area (Å²) in [5.41, 5.74) is 2.00. The topological polar surface area (TPSA) is 82.2 Å². The number of benzene rings is 1. The number of nitrogens with one attached hydrogen (secondary N) is 1. The van der Waals surface area contributed by atoms with Crippen molar-refractivity contribution in [1.82, 2.24) is 14.8 Å². The van der Waals surface area contributed by atoms with E-state index in [1.807, 2.05) is 56.3 Å². The molecule has 0 radical (unpaired) electrons. The molecule has 132 valence electrons. The van der Waals surface area contributed by atoms with Crippen LogP contribution in [0.5, 0.6) is 0 Å². The summed E-state index contributed by atoms with van der Waals surface area (Å²) in [7, 11) is 1.36. The van der Waals surface area contributed by atoms with E-state index in [4.69, 9.17) is 9.15 Å². The summed E-state index contributed by atoms with van der Waals surface area (Å²) in [5.74, 6) is 2.05. The Kier molecular flexibility index (Phi) is 3.84. The van der Waals surface area contributed by atoms with Crippen LogP contribution in [-0.2, 0) is 9.53 Å². The smallest absolute Gasteiger partial charge is 0.338 e. The first kappa shape index (κ1) is 16.1. The summed E-state index contributed by atoms with van der Waals surface area (Å²) < 4.78 is 12.5. The minimum absolute atomic E-state index is 0.434. The van der Waals surface area contributed by atoms with E-state index in [1.54, 1.807) is 4.68 Å². The van der Waals surface area contributed by atoms with Gasteiger partial charge in [-0.1, -0.05) is 30.3 Å². The Morgan fingerprint density at radius 2 is 1.96 bits per heavy atom. The summed E-state index contributed by atoms with van der Waals surface area (Å²) in [6.45, 7) is 3.67. The van der Waals surface area contributed by atoms with Crippen molar-refractivity contribution in [2.75, 3.05) is 12.4 Å². The molecule has 0 saturated heterocycles. The highest BCUT2D eigenvalue weighted by molar-refractivity contribution is 5.92. The van der Waals surface area contributed by atoms with Crippen molar-refractivity contribution in [3.63, 3.8) is 0 Å². The number of anilines is 1. The average Bonchev–Trinajstić information content (AvgIpc) is 3.26. The van der Waals surface area contributed by atoms with E-state index >= 15 is 0 Å². The standard InChI is InChI=1S/C19H18N4O3/c1-11-9-10-14(26-11)16-15(18(24)25-3)12(2)20-19-21-17(22-23(16)19)13-7-5-4-6-8-13/h4-10,16H,1-3H3,(H,20,21,22)/t16-/m0/s1. The van der Waals surface area contributed by atoms with Crippen molar-refractivity contribution < 1.29 is 13.9 Å². The van der Waals surface area contributed by atoms with Gasteiger partial charge >= 0.3 is 5.97 Å². The number of carbonyl (C=O) groups is 1. The van der Waals surface area contributed by atoms with Gasteiger partial charge < -0.3 is 14.5 Å². The number of aromatic nitrogens is 3. The molecule has 0 aliphatic carbocycles. The number of allylic oxidation sites excluding steroid dienone is 1. The fourth-order valence-electron chi connectivity index (χ4n) is 3.10. The molecule has 7 heteroatoms. The molecule has 1 aliphatic rings. The van der Waals surface area contributed by atoms with Crippen molar-refractivity contribution in [1.29, 1.82) is 0 Å². The van der Waals surface area contributed by atoms with Crippen LogP contribution in [0.1, 0.15) is 24.5 Å². The maximum Gasteiger partial charge on any atom is 0.338 e. The second-order valence-electron chi connectivity index (χ2n) is 6.08. The van der Waals surface area contributed by atoms with Gasteiger partial charge in [-0.15, -0.1) is 5.10 Å². The molecule has 0 fully saturated rings. The number of methoxy groups -OCH3 is 1. The fraction of sp³-hybridized carbons (Fsp3) is 0.211. The molecule has 0 unspecified atom stereocenters. The van der Waals surface area contributed by atoms with Crippen LogP contribution in [-0.4, -0.2) is 27.8 Å². The highest BCUT2D eigenvalue weighted by Gasteiger charge is 2.36. The van der Waals surface area contributed by atoms with Gasteiger partial charge in [0.05, 0.1) is 12.7 Å². The summed E-state index contributed by atoms with van der Waals surface area (Å²) in [6.07, 6.45) is 0. The second-order valence-corrected chi connectivity index (χ2v) is 6.08. The number of nitrogens with zero attached hydrogens (tertiary/aromatic N) is 3. The Morgan fingerprint density at radius 1 is 1.19 bits per heavy atom. The quantitative estimate of drug-likeness (QED) is 0.730. The molecule has 1 aliphatic heterocycles. The van der Waals surface area contributed by atoms with Crippen molar-refractivity contribution >= 4 is 11.9 Å². The van der Waals surface area contributed by atoms with E-state index < -0.39 is 12.0 Å². The molecule has 7 nitrogen and oxygen atoms in total. The largest absolute Gasteiger partial charge is 0.466 e. The Bertz CT molecular complexity index is 1000. The lowest BCUT2D eigenvalue weighted by Gasteiger charge is -2.26. The minimum atomic E-state index is -0.544. The molecule has 0 spiro atoms. The van der Waals surface area contributed by atoms with Gasteiger partial charge in [0, 0.05) is 11.3 Å². The lowest BCUT2D eigenvalue weighted by atomic mass is 10.0. The third-order valence-corrected chi connectivity index (χ3v) is 4.32. The fourth-order valence-corrected chi connectivity index (χ4v) is 3.10. The van der Waals surface area contributed by atoms with E-state index in [0.29, 0.717) is 28.8 Å². The van der Waals surface area contributed by atoms with Crippen LogP contribution in [0.25, 0.3) is 11.4 Å². The van der Waals surface area contributed by atoms with Crippen molar-refractivity contribution in [3.05, 3.63) is 65.3 Å². The number of furan rings is 1. The first-order valence-corrected chi connectivity index (χ1v) is 8.23. The number of hydrogen-bond acceptors (Lipinski definition) is 6. The predicted octanol–water partition coefficient (Wildman–Crippen LogP) is 3.31. The van der Waals surface area contributed by atoms with Crippen LogP contribution in [0.15, 0.2) is 58.2 Å². The van der Waals surface area contributed by atoms with Crippen molar-refractivity contribution in [2.24, 2.45) is 0 Å². The zero-order valence-corrected chi connectivity index (χ0v) is 14.7. The molecule has 3 heterocycles. The molecule has 1 atom stereocenters. The first-order valence-electron chi connectivity index (χ1n) is 8.23. The SMILES string of the molecule is COC(=O)C1=C(C)Nc2nc(-c3ccccc3)nn2[C@H]1c1ccc(C)o1. The highest BCUT2D eigenvalue weighted by Crippen LogP contribution is 2.37. The van der Waals surface area contributed by atoms with Gasteiger partial charge in [-0.2, -0.15) is 4.98 Å². The third kappa shape index (κ3) is 2.57. The van der Waals surface area contributed by atoms with E-state index in [0.717, 1.165) is 11.3 Å². The number of ether oxygens (including phenoxy) is 1. The lowest BCUT2D eigenvalue weighted by molar-refractivity contribution is -0.136. The number of hydrogen-bond donors (Lipinski definition) is 1. The van der Waals surface area contributed by atoms with Gasteiger partial charge in [-0.3, -0.25) is 0 Å². The van der Waals surface area contributed by atoms with E-state index in [1.165, 1.54) is 7.11 Å². The van der Waals surface area contributed by atoms with Gasteiger partial charge in [0.2, 0.25) is 5.95 Å². The lowest BCUT2D eigenvalue weighted by Crippen LogP contribution is -2.29. The van der Waals surface area contributed by atoms with Crippen LogP contribution < -0.4 is 5.32 Å². The van der Waals surface area contributed by atoms with E-state index in [2.05, 4.69) is 15.4 Å². The number of rotatable bonds is 3. The molecule has 26 heavy (non-hydrogen) atoms. The van der Waals surface area contributed by atoms with Crippen LogP contribution in [0, 0.1) is 6.92 Å². The molecular weight excluding hydrogens is 332 g/mol. The predicted molar refractivity (Wildman–Crippen MR) is 95.4 cm³/mol. The van der Waals surface area contributed by atoms with Gasteiger partial charge in [-0.05, 0) is 26.0 Å². The van der Waals surface area contributed by atoms with Gasteiger partial charge in [-0.25, -0.2) is 9.48 Å². The number of esters is 1. The molecule has 1 N–H and O–H groups in total. The summed E-state index contributed by atoms with van der Waals surface area (Å²) >= 11 is 0. The zero-order valence-electron chi connectivity index (χ0n) is 14.7. The highest BCUT2D eigenvalue weighted by atomic mass is 16.5. The summed E-state index contributed by atoms with van der Waals surface area (Å²) in [5, 5.41) is 7.78. The molecule has 0 bridgehead atoms. The Balaban J connectivity index is 1.88. The number of fused-ring (bicyclic) bond motifs is 1. The van der Waals surface area contributed by atoms with Gasteiger partial charge in [0.15, 0.2) is 5.82 Å². The number of aryl methyl sites for hydroxylation is 1. The van der Waals surface area contributed by atoms with E-state index in [9.17, 15) is 4.79 Å². The van der Waals surface area contributed by atoms with Crippen LogP contribution in [0.3, 0.4) is 0 Å². The first-order chi connectivity index (χ1) is 12.6. The average molecular weight is 350 g/mol. The van der Waals surface area contributed by atoms with Crippen molar-refractivity contribution in [2.45, 2.75) is 19.9 Å². The van der Waals surface area contributed by atoms with Crippen molar-refractivity contribution in [3.8, 4) is 11.4 Å². The monoisotopic (exact) mass is 350 g/mol. The van der Waals surface area contributed by atoms with E-state index in [-0.39, 0.29) is 0 Å². The molecule has 4 rings (SSSR count). The summed E-state index contributed by atoms with van der Waals surface area (Å²) in [4.78, 5) is 17.0. The molecule has 3 aromatic rings. The molecule has 0 saturated carbocycles. The molecule has 1 aromatic carbocycles. The molecular formula is C19H18N4O3. The third-order valence-electron chi connectivity index (χ3n) is 4.32. The Morgan fingerprint density at radius 3 is 2.62 bits per heavy atom. The minimum Gasteiger partial charge on any atom is -0.466 e. The van der Waals surface area contributed by atoms with Crippen LogP contribution in [0.4, 0.5) is 5.95 Å². The van der Waals surface area contributed by atoms with Crippen LogP contribution >= 0.6 is 0 Å².